The number of rotatable bonds is 3. The first-order valence-electron chi connectivity index (χ1n) is 5.16. The SMILES string of the molecule is CC(C)NCC1(O)CCN(C)CC1. The van der Waals surface area contributed by atoms with Crippen LogP contribution in [0.2, 0.25) is 0 Å². The predicted molar refractivity (Wildman–Crippen MR) is 54.8 cm³/mol. The monoisotopic (exact) mass is 186 g/mol. The first-order valence-corrected chi connectivity index (χ1v) is 5.16. The van der Waals surface area contributed by atoms with Gasteiger partial charge in [-0.05, 0) is 19.9 Å². The molecular formula is C10H22N2O. The lowest BCUT2D eigenvalue weighted by atomic mass is 9.91. The minimum absolute atomic E-state index is 0.462. The van der Waals surface area contributed by atoms with Gasteiger partial charge in [0.1, 0.15) is 0 Å². The summed E-state index contributed by atoms with van der Waals surface area (Å²) < 4.78 is 0. The third-order valence-electron chi connectivity index (χ3n) is 2.76. The Balaban J connectivity index is 2.30. The highest BCUT2D eigenvalue weighted by Gasteiger charge is 2.30. The highest BCUT2D eigenvalue weighted by Crippen LogP contribution is 2.20. The maximum Gasteiger partial charge on any atom is 0.0796 e. The maximum absolute atomic E-state index is 10.1. The van der Waals surface area contributed by atoms with Gasteiger partial charge in [-0.25, -0.2) is 0 Å². The van der Waals surface area contributed by atoms with E-state index in [1.807, 2.05) is 0 Å². The Bertz CT molecular complexity index is 151. The molecule has 3 heteroatoms. The summed E-state index contributed by atoms with van der Waals surface area (Å²) in [6.07, 6.45) is 1.78. The van der Waals surface area contributed by atoms with E-state index < -0.39 is 5.60 Å². The first-order chi connectivity index (χ1) is 6.02. The lowest BCUT2D eigenvalue weighted by Crippen LogP contribution is -2.50. The van der Waals surface area contributed by atoms with Gasteiger partial charge in [-0.15, -0.1) is 0 Å². The molecule has 1 saturated heterocycles. The molecule has 0 spiro atoms. The first kappa shape index (κ1) is 11.0. The van der Waals surface area contributed by atoms with Crippen molar-refractivity contribution in [2.24, 2.45) is 0 Å². The average molecular weight is 186 g/mol. The van der Waals surface area contributed by atoms with Crippen molar-refractivity contribution in [1.29, 1.82) is 0 Å². The maximum atomic E-state index is 10.1. The van der Waals surface area contributed by atoms with Crippen molar-refractivity contribution < 1.29 is 5.11 Å². The molecule has 13 heavy (non-hydrogen) atoms. The lowest BCUT2D eigenvalue weighted by Gasteiger charge is -2.37. The van der Waals surface area contributed by atoms with Crippen molar-refractivity contribution in [3.63, 3.8) is 0 Å². The zero-order valence-corrected chi connectivity index (χ0v) is 9.01. The second-order valence-corrected chi connectivity index (χ2v) is 4.56. The highest BCUT2D eigenvalue weighted by molar-refractivity contribution is 4.87. The molecule has 0 bridgehead atoms. The summed E-state index contributed by atoms with van der Waals surface area (Å²) in [6.45, 7) is 6.97. The van der Waals surface area contributed by atoms with E-state index in [0.717, 1.165) is 32.5 Å². The number of nitrogens with zero attached hydrogens (tertiary/aromatic N) is 1. The van der Waals surface area contributed by atoms with Crippen LogP contribution in [0.25, 0.3) is 0 Å². The fourth-order valence-electron chi connectivity index (χ4n) is 1.61. The van der Waals surface area contributed by atoms with Crippen LogP contribution in [0.1, 0.15) is 26.7 Å². The van der Waals surface area contributed by atoms with Crippen LogP contribution in [-0.4, -0.2) is 48.3 Å². The second-order valence-electron chi connectivity index (χ2n) is 4.56. The van der Waals surface area contributed by atoms with Crippen LogP contribution in [0.5, 0.6) is 0 Å². The molecule has 0 unspecified atom stereocenters. The minimum atomic E-state index is -0.462. The van der Waals surface area contributed by atoms with E-state index in [2.05, 4.69) is 31.1 Å². The van der Waals surface area contributed by atoms with Crippen LogP contribution in [0, 0.1) is 0 Å². The normalized spacial score (nSPS) is 23.8. The number of hydrogen-bond donors (Lipinski definition) is 2. The summed E-state index contributed by atoms with van der Waals surface area (Å²) in [4.78, 5) is 2.27. The molecule has 0 atom stereocenters. The predicted octanol–water partition coefficient (Wildman–Crippen LogP) is 0.441. The van der Waals surface area contributed by atoms with Crippen LogP contribution in [0.3, 0.4) is 0 Å². The van der Waals surface area contributed by atoms with E-state index in [1.165, 1.54) is 0 Å². The quantitative estimate of drug-likeness (QED) is 0.671. The molecule has 1 fully saturated rings. The van der Waals surface area contributed by atoms with Gasteiger partial charge in [-0.3, -0.25) is 0 Å². The second kappa shape index (κ2) is 4.40. The van der Waals surface area contributed by atoms with E-state index in [4.69, 9.17) is 0 Å². The van der Waals surface area contributed by atoms with Crippen LogP contribution >= 0.6 is 0 Å². The van der Waals surface area contributed by atoms with Gasteiger partial charge in [-0.2, -0.15) is 0 Å². The molecule has 78 valence electrons. The molecule has 1 aliphatic heterocycles. The summed E-state index contributed by atoms with van der Waals surface area (Å²) in [6, 6.07) is 0.462. The Hall–Kier alpha value is -0.120. The van der Waals surface area contributed by atoms with Crippen molar-refractivity contribution in [3.05, 3.63) is 0 Å². The topological polar surface area (TPSA) is 35.5 Å². The Morgan fingerprint density at radius 3 is 2.38 bits per heavy atom. The molecule has 0 aliphatic carbocycles. The van der Waals surface area contributed by atoms with Gasteiger partial charge in [0.2, 0.25) is 0 Å². The molecular weight excluding hydrogens is 164 g/mol. The van der Waals surface area contributed by atoms with Crippen LogP contribution in [-0.2, 0) is 0 Å². The van der Waals surface area contributed by atoms with Crippen molar-refractivity contribution in [3.8, 4) is 0 Å². The fourth-order valence-corrected chi connectivity index (χ4v) is 1.61. The van der Waals surface area contributed by atoms with E-state index in [-0.39, 0.29) is 0 Å². The molecule has 0 radical (unpaired) electrons. The molecule has 0 aromatic carbocycles. The summed E-state index contributed by atoms with van der Waals surface area (Å²) >= 11 is 0. The van der Waals surface area contributed by atoms with Crippen LogP contribution in [0.15, 0.2) is 0 Å². The van der Waals surface area contributed by atoms with Crippen molar-refractivity contribution >= 4 is 0 Å². The van der Waals surface area contributed by atoms with E-state index in [1.54, 1.807) is 0 Å². The average Bonchev–Trinajstić information content (AvgIpc) is 2.08. The summed E-state index contributed by atoms with van der Waals surface area (Å²) in [5.41, 5.74) is -0.462. The van der Waals surface area contributed by atoms with Gasteiger partial charge in [0, 0.05) is 25.7 Å². The van der Waals surface area contributed by atoms with Gasteiger partial charge in [0.25, 0.3) is 0 Å². The van der Waals surface area contributed by atoms with E-state index in [9.17, 15) is 5.11 Å². The lowest BCUT2D eigenvalue weighted by molar-refractivity contribution is -0.0155. The number of aliphatic hydroxyl groups is 1. The zero-order chi connectivity index (χ0) is 9.90. The number of hydrogen-bond acceptors (Lipinski definition) is 3. The smallest absolute Gasteiger partial charge is 0.0796 e. The van der Waals surface area contributed by atoms with Gasteiger partial charge < -0.3 is 15.3 Å². The third-order valence-corrected chi connectivity index (χ3v) is 2.76. The molecule has 0 aromatic heterocycles. The Morgan fingerprint density at radius 2 is 1.92 bits per heavy atom. The third kappa shape index (κ3) is 3.63. The van der Waals surface area contributed by atoms with Crippen LogP contribution < -0.4 is 5.32 Å². The fraction of sp³-hybridized carbons (Fsp3) is 1.00. The standard InChI is InChI=1S/C10H22N2O/c1-9(2)11-8-10(13)4-6-12(3)7-5-10/h9,11,13H,4-8H2,1-3H3. The van der Waals surface area contributed by atoms with Gasteiger partial charge in [-0.1, -0.05) is 13.8 Å². The molecule has 2 N–H and O–H groups in total. The van der Waals surface area contributed by atoms with Crippen LogP contribution in [0.4, 0.5) is 0 Å². The summed E-state index contributed by atoms with van der Waals surface area (Å²) in [7, 11) is 2.11. The zero-order valence-electron chi connectivity index (χ0n) is 9.01. The molecule has 0 saturated carbocycles. The molecule has 3 nitrogen and oxygen atoms in total. The Morgan fingerprint density at radius 1 is 1.38 bits per heavy atom. The summed E-state index contributed by atoms with van der Waals surface area (Å²) in [5.74, 6) is 0. The Labute approximate surface area is 81.1 Å². The highest BCUT2D eigenvalue weighted by atomic mass is 16.3. The van der Waals surface area contributed by atoms with E-state index >= 15 is 0 Å². The number of nitrogens with one attached hydrogen (secondary N) is 1. The van der Waals surface area contributed by atoms with E-state index in [0.29, 0.717) is 6.04 Å². The van der Waals surface area contributed by atoms with Crippen molar-refractivity contribution in [2.45, 2.75) is 38.3 Å². The minimum Gasteiger partial charge on any atom is -0.388 e. The Kier molecular flexibility index (Phi) is 3.71. The van der Waals surface area contributed by atoms with Gasteiger partial charge >= 0.3 is 0 Å². The van der Waals surface area contributed by atoms with Crippen molar-refractivity contribution in [2.75, 3.05) is 26.7 Å². The van der Waals surface area contributed by atoms with Gasteiger partial charge in [0.05, 0.1) is 5.60 Å². The largest absolute Gasteiger partial charge is 0.388 e. The molecule has 0 amide bonds. The molecule has 1 heterocycles. The van der Waals surface area contributed by atoms with Gasteiger partial charge in [0.15, 0.2) is 0 Å². The molecule has 0 aromatic rings. The summed E-state index contributed by atoms with van der Waals surface area (Å²) in [5, 5.41) is 13.5. The molecule has 1 aliphatic rings. The number of likely N-dealkylation sites (tertiary alicyclic amines) is 1. The molecule has 1 rings (SSSR count). The number of piperidine rings is 1. The van der Waals surface area contributed by atoms with Crippen molar-refractivity contribution in [1.82, 2.24) is 10.2 Å².